The Morgan fingerprint density at radius 3 is 2.54 bits per heavy atom. The van der Waals surface area contributed by atoms with Crippen LogP contribution in [-0.2, 0) is 9.53 Å². The second-order valence-electron chi connectivity index (χ2n) is 3.44. The third-order valence-corrected chi connectivity index (χ3v) is 2.59. The first-order chi connectivity index (χ1) is 6.27. The molecule has 76 valence electrons. The van der Waals surface area contributed by atoms with Gasteiger partial charge in [0.05, 0.1) is 6.10 Å². The maximum Gasteiger partial charge on any atom is 0.236 e. The van der Waals surface area contributed by atoms with E-state index in [-0.39, 0.29) is 11.8 Å². The van der Waals surface area contributed by atoms with E-state index in [0.717, 1.165) is 32.3 Å². The highest BCUT2D eigenvalue weighted by Crippen LogP contribution is 2.25. The van der Waals surface area contributed by atoms with Crippen molar-refractivity contribution in [3.8, 4) is 0 Å². The quantitative estimate of drug-likeness (QED) is 0.385. The SMILES string of the molecule is CCO[C@H]1CC[C@@H](C(=O)NN)CC1. The molecule has 1 rings (SSSR count). The number of ether oxygens (including phenoxy) is 1. The van der Waals surface area contributed by atoms with Gasteiger partial charge in [0.2, 0.25) is 5.91 Å². The van der Waals surface area contributed by atoms with E-state index in [1.165, 1.54) is 0 Å². The van der Waals surface area contributed by atoms with Gasteiger partial charge in [0.25, 0.3) is 0 Å². The van der Waals surface area contributed by atoms with Crippen LogP contribution in [0.2, 0.25) is 0 Å². The van der Waals surface area contributed by atoms with Gasteiger partial charge in [-0.15, -0.1) is 0 Å². The Hall–Kier alpha value is -0.610. The van der Waals surface area contributed by atoms with Crippen LogP contribution in [0.15, 0.2) is 0 Å². The summed E-state index contributed by atoms with van der Waals surface area (Å²) in [5, 5.41) is 0. The van der Waals surface area contributed by atoms with Crippen molar-refractivity contribution in [2.75, 3.05) is 6.61 Å². The molecule has 0 bridgehead atoms. The van der Waals surface area contributed by atoms with Crippen molar-refractivity contribution in [3.63, 3.8) is 0 Å². The van der Waals surface area contributed by atoms with Crippen LogP contribution >= 0.6 is 0 Å². The Morgan fingerprint density at radius 1 is 1.46 bits per heavy atom. The van der Waals surface area contributed by atoms with Gasteiger partial charge in [-0.2, -0.15) is 0 Å². The molecule has 0 aliphatic heterocycles. The van der Waals surface area contributed by atoms with E-state index in [4.69, 9.17) is 10.6 Å². The van der Waals surface area contributed by atoms with Crippen molar-refractivity contribution in [2.24, 2.45) is 11.8 Å². The fourth-order valence-electron chi connectivity index (χ4n) is 1.85. The average Bonchev–Trinajstić information content (AvgIpc) is 2.18. The highest BCUT2D eigenvalue weighted by atomic mass is 16.5. The van der Waals surface area contributed by atoms with Crippen LogP contribution in [0, 0.1) is 5.92 Å². The maximum atomic E-state index is 11.2. The molecule has 4 heteroatoms. The summed E-state index contributed by atoms with van der Waals surface area (Å²) in [6, 6.07) is 0. The summed E-state index contributed by atoms with van der Waals surface area (Å²) in [5.41, 5.74) is 2.20. The Bertz CT molecular complexity index is 165. The van der Waals surface area contributed by atoms with Crippen molar-refractivity contribution in [3.05, 3.63) is 0 Å². The number of carbonyl (C=O) groups is 1. The molecule has 0 aromatic heterocycles. The number of carbonyl (C=O) groups excluding carboxylic acids is 1. The predicted octanol–water partition coefficient (Wildman–Crippen LogP) is 0.572. The summed E-state index contributed by atoms with van der Waals surface area (Å²) in [5.74, 6) is 5.13. The van der Waals surface area contributed by atoms with Crippen molar-refractivity contribution in [1.29, 1.82) is 0 Å². The molecule has 0 radical (unpaired) electrons. The summed E-state index contributed by atoms with van der Waals surface area (Å²) in [7, 11) is 0. The second kappa shape index (κ2) is 5.19. The van der Waals surface area contributed by atoms with Gasteiger partial charge in [0, 0.05) is 12.5 Å². The summed E-state index contributed by atoms with van der Waals surface area (Å²) in [6.07, 6.45) is 4.10. The Kier molecular flexibility index (Phi) is 4.18. The summed E-state index contributed by atoms with van der Waals surface area (Å²) >= 11 is 0. The zero-order valence-corrected chi connectivity index (χ0v) is 8.08. The van der Waals surface area contributed by atoms with E-state index < -0.39 is 0 Å². The number of hydrazine groups is 1. The summed E-state index contributed by atoms with van der Waals surface area (Å²) in [6.45, 7) is 2.76. The van der Waals surface area contributed by atoms with Crippen LogP contribution in [-0.4, -0.2) is 18.6 Å². The van der Waals surface area contributed by atoms with E-state index in [1.54, 1.807) is 0 Å². The topological polar surface area (TPSA) is 64.3 Å². The predicted molar refractivity (Wildman–Crippen MR) is 49.7 cm³/mol. The molecule has 0 atom stereocenters. The third-order valence-electron chi connectivity index (χ3n) is 2.59. The highest BCUT2D eigenvalue weighted by molar-refractivity contribution is 5.77. The first-order valence-corrected chi connectivity index (χ1v) is 4.90. The number of hydrogen-bond donors (Lipinski definition) is 2. The van der Waals surface area contributed by atoms with Gasteiger partial charge in [-0.05, 0) is 32.6 Å². The average molecular weight is 186 g/mol. The minimum absolute atomic E-state index is 0.0325. The van der Waals surface area contributed by atoms with E-state index in [2.05, 4.69) is 5.43 Å². The first kappa shape index (κ1) is 10.5. The first-order valence-electron chi connectivity index (χ1n) is 4.90. The molecule has 0 spiro atoms. The lowest BCUT2D eigenvalue weighted by Gasteiger charge is -2.26. The van der Waals surface area contributed by atoms with E-state index >= 15 is 0 Å². The van der Waals surface area contributed by atoms with Crippen molar-refractivity contribution in [2.45, 2.75) is 38.7 Å². The van der Waals surface area contributed by atoms with Gasteiger partial charge in [-0.25, -0.2) is 5.84 Å². The fraction of sp³-hybridized carbons (Fsp3) is 0.889. The van der Waals surface area contributed by atoms with Gasteiger partial charge < -0.3 is 4.74 Å². The number of nitrogens with one attached hydrogen (secondary N) is 1. The van der Waals surface area contributed by atoms with E-state index in [9.17, 15) is 4.79 Å². The molecule has 0 heterocycles. The maximum absolute atomic E-state index is 11.2. The van der Waals surface area contributed by atoms with Crippen LogP contribution in [0.3, 0.4) is 0 Å². The molecule has 1 fully saturated rings. The third kappa shape index (κ3) is 2.97. The van der Waals surface area contributed by atoms with Crippen molar-refractivity contribution in [1.82, 2.24) is 5.43 Å². The van der Waals surface area contributed by atoms with Gasteiger partial charge >= 0.3 is 0 Å². The number of rotatable bonds is 3. The molecule has 0 aromatic rings. The van der Waals surface area contributed by atoms with Crippen LogP contribution in [0.25, 0.3) is 0 Å². The second-order valence-corrected chi connectivity index (χ2v) is 3.44. The van der Waals surface area contributed by atoms with E-state index in [0.29, 0.717) is 6.10 Å². The lowest BCUT2D eigenvalue weighted by atomic mass is 9.87. The smallest absolute Gasteiger partial charge is 0.236 e. The zero-order chi connectivity index (χ0) is 9.68. The van der Waals surface area contributed by atoms with Crippen LogP contribution in [0.5, 0.6) is 0 Å². The summed E-state index contributed by atoms with van der Waals surface area (Å²) in [4.78, 5) is 11.2. The Morgan fingerprint density at radius 2 is 2.08 bits per heavy atom. The molecule has 1 aliphatic rings. The largest absolute Gasteiger partial charge is 0.379 e. The lowest BCUT2D eigenvalue weighted by molar-refractivity contribution is -0.127. The standard InChI is InChI=1S/C9H18N2O2/c1-2-13-8-5-3-7(4-6-8)9(12)11-10/h7-8H,2-6,10H2,1H3,(H,11,12)/t7-,8+. The molecule has 1 aliphatic carbocycles. The number of nitrogens with two attached hydrogens (primary N) is 1. The number of hydrogen-bond acceptors (Lipinski definition) is 3. The monoisotopic (exact) mass is 186 g/mol. The molecule has 0 saturated heterocycles. The van der Waals surface area contributed by atoms with Gasteiger partial charge in [0.1, 0.15) is 0 Å². The number of amides is 1. The van der Waals surface area contributed by atoms with Crippen molar-refractivity contribution < 1.29 is 9.53 Å². The van der Waals surface area contributed by atoms with E-state index in [1.807, 2.05) is 6.92 Å². The lowest BCUT2D eigenvalue weighted by Crippen LogP contribution is -2.38. The molecule has 0 aromatic carbocycles. The van der Waals surface area contributed by atoms with Crippen molar-refractivity contribution >= 4 is 5.91 Å². The van der Waals surface area contributed by atoms with Gasteiger partial charge in [-0.3, -0.25) is 10.2 Å². The van der Waals surface area contributed by atoms with Crippen LogP contribution in [0.1, 0.15) is 32.6 Å². The van der Waals surface area contributed by atoms with Crippen LogP contribution in [0.4, 0.5) is 0 Å². The van der Waals surface area contributed by atoms with Crippen LogP contribution < -0.4 is 11.3 Å². The molecule has 0 unspecified atom stereocenters. The molecule has 1 saturated carbocycles. The Labute approximate surface area is 78.8 Å². The summed E-state index contributed by atoms with van der Waals surface area (Å²) < 4.78 is 5.48. The molecular formula is C9H18N2O2. The normalized spacial score (nSPS) is 28.5. The minimum Gasteiger partial charge on any atom is -0.379 e. The zero-order valence-electron chi connectivity index (χ0n) is 8.08. The molecule has 3 N–H and O–H groups in total. The molecule has 1 amide bonds. The van der Waals surface area contributed by atoms with Gasteiger partial charge in [0.15, 0.2) is 0 Å². The molecular weight excluding hydrogens is 168 g/mol. The fourth-order valence-corrected chi connectivity index (χ4v) is 1.85. The minimum atomic E-state index is -0.0325. The molecule has 13 heavy (non-hydrogen) atoms. The Balaban J connectivity index is 2.26. The molecule has 4 nitrogen and oxygen atoms in total. The highest BCUT2D eigenvalue weighted by Gasteiger charge is 2.25. The van der Waals surface area contributed by atoms with Gasteiger partial charge in [-0.1, -0.05) is 0 Å².